The van der Waals surface area contributed by atoms with Crippen LogP contribution >= 0.6 is 11.6 Å². The van der Waals surface area contributed by atoms with Gasteiger partial charge in [0.05, 0.1) is 87.0 Å². The molecule has 0 bridgehead atoms. The maximum absolute atomic E-state index is 9.83. The van der Waals surface area contributed by atoms with Crippen LogP contribution in [0.25, 0.3) is 94.1 Å². The van der Waals surface area contributed by atoms with E-state index in [9.17, 15) is 9.60 Å². The van der Waals surface area contributed by atoms with Gasteiger partial charge in [-0.25, -0.2) is 0 Å². The van der Waals surface area contributed by atoms with Crippen LogP contribution in [-0.2, 0) is 0 Å². The molecule has 0 amide bonds. The Labute approximate surface area is 340 Å². The van der Waals surface area contributed by atoms with E-state index in [1.54, 1.807) is 0 Å². The zero-order valence-electron chi connectivity index (χ0n) is 52.6. The van der Waals surface area contributed by atoms with E-state index < -0.39 is 263 Å². The van der Waals surface area contributed by atoms with E-state index in [-0.39, 0.29) is 0 Å². The molecule has 52 heavy (non-hydrogen) atoms. The van der Waals surface area contributed by atoms with Crippen molar-refractivity contribution in [2.24, 2.45) is 0 Å². The zero-order valence-corrected chi connectivity index (χ0v) is 26.3. The lowest BCUT2D eigenvalue weighted by molar-refractivity contribution is 0.943. The summed E-state index contributed by atoms with van der Waals surface area (Å²) in [6.07, 6.45) is 0. The molecular weight excluding hydrogens is 660 g/mol. The number of nitrogens with zero attached hydrogens (tertiary/aromatic N) is 6. The highest BCUT2D eigenvalue weighted by Crippen LogP contribution is 2.41. The van der Waals surface area contributed by atoms with E-state index in [0.717, 1.165) is 13.7 Å². The number of halogens is 1. The molecule has 4 heterocycles. The fourth-order valence-corrected chi connectivity index (χ4v) is 6.55. The van der Waals surface area contributed by atoms with Crippen LogP contribution in [-0.4, -0.2) is 28.7 Å². The minimum atomic E-state index is -1.13. The maximum Gasteiger partial charge on any atom is 0.239 e. The van der Waals surface area contributed by atoms with Crippen LogP contribution in [0.4, 0.5) is 0 Å². The SMILES string of the molecule is [2H]c1c([2H])c(-n2c3c([2H])c([2H])c([2H])c([2H])c3c3c([2H])c([2H])c([2H])c([2H])c32)c(-c2nc(Cl)nc(-n3c4c([2H])c([2H])c([2H])c([2H])c4c4c([2H])c([2H])c([2H])c([2H])c43)n2)c(-n2c3c([2H])c([2H])c([2H])c([2H])c3c3c([2H])c([2H])c([2H])c([2H])c32)c1[2H]. The van der Waals surface area contributed by atoms with Crippen molar-refractivity contribution in [3.63, 3.8) is 0 Å². The average Bonchev–Trinajstić information content (AvgIpc) is 4.10. The molecule has 0 unspecified atom stereocenters. The number of fused-ring (bicyclic) bond motifs is 9. The van der Waals surface area contributed by atoms with Crippen LogP contribution in [0.5, 0.6) is 0 Å². The molecule has 4 aromatic heterocycles. The molecule has 11 rings (SSSR count). The summed E-state index contributed by atoms with van der Waals surface area (Å²) in [6, 6.07) is -24.5. The van der Waals surface area contributed by atoms with Gasteiger partial charge in [0.1, 0.15) is 0 Å². The average molecular weight is 714 g/mol. The van der Waals surface area contributed by atoms with Gasteiger partial charge in [-0.3, -0.25) is 4.57 Å². The second-order valence-electron chi connectivity index (χ2n) is 11.0. The normalized spacial score (nSPS) is 19.2. The summed E-state index contributed by atoms with van der Waals surface area (Å²) in [6.45, 7) is 0. The monoisotopic (exact) mass is 713 g/mol. The molecule has 244 valence electrons. The topological polar surface area (TPSA) is 53.5 Å². The van der Waals surface area contributed by atoms with E-state index in [2.05, 4.69) is 15.0 Å². The Hall–Kier alpha value is -6.76. The predicted molar refractivity (Wildman–Crippen MR) is 213 cm³/mol. The lowest BCUT2D eigenvalue weighted by Gasteiger charge is -2.19. The van der Waals surface area contributed by atoms with Gasteiger partial charge < -0.3 is 9.13 Å². The molecule has 0 spiro atoms. The largest absolute Gasteiger partial charge is 0.308 e. The van der Waals surface area contributed by atoms with Crippen molar-refractivity contribution in [3.05, 3.63) is 168 Å². The van der Waals surface area contributed by atoms with E-state index in [1.807, 2.05) is 0 Å². The number of rotatable bonds is 4. The molecule has 11 aromatic rings. The predicted octanol–water partition coefficient (Wildman–Crippen LogP) is 11.5. The van der Waals surface area contributed by atoms with Crippen molar-refractivity contribution in [3.8, 4) is 28.7 Å². The molecule has 0 aliphatic carbocycles. The number of hydrogen-bond donors (Lipinski definition) is 0. The van der Waals surface area contributed by atoms with Crippen molar-refractivity contribution in [1.29, 1.82) is 0 Å². The van der Waals surface area contributed by atoms with Crippen molar-refractivity contribution in [2.45, 2.75) is 0 Å². The van der Waals surface area contributed by atoms with Gasteiger partial charge in [0.25, 0.3) is 0 Å². The Morgan fingerprint density at radius 1 is 0.365 bits per heavy atom. The first-order valence-electron chi connectivity index (χ1n) is 28.5. The highest BCUT2D eigenvalue weighted by atomic mass is 35.5. The number of para-hydroxylation sites is 6. The molecule has 0 aliphatic heterocycles. The quantitative estimate of drug-likeness (QED) is 0.182. The summed E-state index contributed by atoms with van der Waals surface area (Å²) >= 11 is 6.83. The molecule has 0 saturated carbocycles. The van der Waals surface area contributed by atoms with Gasteiger partial charge in [-0.15, -0.1) is 0 Å². The Kier molecular flexibility index (Phi) is 2.80. The summed E-state index contributed by atoms with van der Waals surface area (Å²) < 4.78 is 246. The summed E-state index contributed by atoms with van der Waals surface area (Å²) in [5.41, 5.74) is -6.55. The molecule has 0 aliphatic rings. The first-order valence-corrected chi connectivity index (χ1v) is 15.4. The van der Waals surface area contributed by atoms with Gasteiger partial charge in [0.15, 0.2) is 5.82 Å². The van der Waals surface area contributed by atoms with Crippen LogP contribution in [0.2, 0.25) is 5.28 Å². The molecular formula is C45H27ClN6. The first-order chi connectivity index (χ1) is 36.9. The third-order valence-electron chi connectivity index (χ3n) is 8.40. The lowest BCUT2D eigenvalue weighted by Crippen LogP contribution is -2.09. The number of benzene rings is 7. The molecule has 0 N–H and O–H groups in total. The second kappa shape index (κ2) is 11.1. The summed E-state index contributed by atoms with van der Waals surface area (Å²) in [7, 11) is 0. The van der Waals surface area contributed by atoms with Crippen LogP contribution in [0.3, 0.4) is 0 Å². The van der Waals surface area contributed by atoms with Crippen molar-refractivity contribution >= 4 is 77.0 Å². The Balaban J connectivity index is 1.49. The highest BCUT2D eigenvalue weighted by molar-refractivity contribution is 6.28. The van der Waals surface area contributed by atoms with Gasteiger partial charge in [-0.05, 0) is 59.9 Å². The van der Waals surface area contributed by atoms with Gasteiger partial charge >= 0.3 is 0 Å². The lowest BCUT2D eigenvalue weighted by atomic mass is 10.1. The third kappa shape index (κ3) is 4.10. The van der Waals surface area contributed by atoms with Crippen LogP contribution in [0, 0.1) is 0 Å². The zero-order chi connectivity index (χ0) is 57.8. The van der Waals surface area contributed by atoms with Gasteiger partial charge in [0.2, 0.25) is 11.2 Å². The van der Waals surface area contributed by atoms with Crippen molar-refractivity contribution in [2.75, 3.05) is 0 Å². The minimum Gasteiger partial charge on any atom is -0.308 e. The molecule has 6 nitrogen and oxygen atoms in total. The van der Waals surface area contributed by atoms with E-state index in [1.165, 1.54) is 0 Å². The van der Waals surface area contributed by atoms with Crippen molar-refractivity contribution < 1.29 is 37.0 Å². The van der Waals surface area contributed by atoms with E-state index >= 15 is 0 Å². The molecule has 7 aromatic carbocycles. The van der Waals surface area contributed by atoms with E-state index in [0.29, 0.717) is 0 Å². The third-order valence-corrected chi connectivity index (χ3v) is 8.57. The highest BCUT2D eigenvalue weighted by Gasteiger charge is 2.25. The molecule has 7 heteroatoms. The molecule has 0 radical (unpaired) electrons. The van der Waals surface area contributed by atoms with E-state index in [4.69, 9.17) is 39.0 Å². The fraction of sp³-hybridized carbons (Fsp3) is 0. The Morgan fingerprint density at radius 2 is 0.692 bits per heavy atom. The molecule has 0 atom stereocenters. The summed E-state index contributed by atoms with van der Waals surface area (Å²) in [4.78, 5) is 13.2. The molecule has 0 saturated heterocycles. The Bertz CT molecular complexity index is 4360. The van der Waals surface area contributed by atoms with Crippen LogP contribution < -0.4 is 0 Å². The fourth-order valence-electron chi connectivity index (χ4n) is 6.40. The van der Waals surface area contributed by atoms with Gasteiger partial charge in [0, 0.05) is 32.3 Å². The van der Waals surface area contributed by atoms with Gasteiger partial charge in [-0.1, -0.05) is 115 Å². The van der Waals surface area contributed by atoms with Crippen LogP contribution in [0.15, 0.2) is 163 Å². The number of aromatic nitrogens is 6. The summed E-state index contributed by atoms with van der Waals surface area (Å²) in [5.74, 6) is -1.78. The van der Waals surface area contributed by atoms with Crippen molar-refractivity contribution in [1.82, 2.24) is 28.7 Å². The first kappa shape index (κ1) is 13.1. The molecule has 0 fully saturated rings. The van der Waals surface area contributed by atoms with Gasteiger partial charge in [-0.2, -0.15) is 15.0 Å². The maximum atomic E-state index is 9.83. The standard InChI is InChI=1S/C45H27ClN6/c46-44-47-43(48-45(49-44)52-38-24-11-5-18-32(38)33-19-6-12-25-39(33)52)42-40(50-34-20-7-1-14-28(34)29-15-2-8-21-35(29)50)26-13-27-41(42)51-36-22-9-3-16-30(36)31-17-4-10-23-37(31)51/h1-27H/i1D,2D,3D,4D,5D,6D,7D,8D,9D,10D,11D,12D,13D,14D,15D,16D,17D,18D,19D,20D,21D,22D,23D,24D,25D,26D,27D. The number of hydrogen-bond acceptors (Lipinski definition) is 3. The smallest absolute Gasteiger partial charge is 0.239 e. The second-order valence-corrected chi connectivity index (χ2v) is 11.4. The minimum absolute atomic E-state index is 0.463. The summed E-state index contributed by atoms with van der Waals surface area (Å²) in [5, 5.41) is -4.08. The van der Waals surface area contributed by atoms with Crippen LogP contribution in [0.1, 0.15) is 37.0 Å². The Morgan fingerprint density at radius 3 is 1.06 bits per heavy atom.